The van der Waals surface area contributed by atoms with E-state index in [0.29, 0.717) is 18.8 Å². The summed E-state index contributed by atoms with van der Waals surface area (Å²) in [5.41, 5.74) is 1.82. The molecule has 2 aromatic rings. The first-order valence-electron chi connectivity index (χ1n) is 8.70. The summed E-state index contributed by atoms with van der Waals surface area (Å²) >= 11 is 0. The molecule has 2 N–H and O–H groups in total. The molecule has 0 aliphatic carbocycles. The van der Waals surface area contributed by atoms with Gasteiger partial charge >= 0.3 is 6.03 Å². The van der Waals surface area contributed by atoms with Gasteiger partial charge in [0.05, 0.1) is 0 Å². The van der Waals surface area contributed by atoms with E-state index in [1.54, 1.807) is 36.4 Å². The lowest BCUT2D eigenvalue weighted by atomic mass is 10.2. The number of urea groups is 1. The molecular weight excluding hydrogens is 330 g/mol. The van der Waals surface area contributed by atoms with Gasteiger partial charge in [-0.1, -0.05) is 18.2 Å². The number of hydrogen-bond acceptors (Lipinski definition) is 4. The van der Waals surface area contributed by atoms with Crippen LogP contribution >= 0.6 is 0 Å². The third-order valence-corrected chi connectivity index (χ3v) is 4.37. The minimum atomic E-state index is -0.622. The minimum Gasteiger partial charge on any atom is -0.368 e. The van der Waals surface area contributed by atoms with Crippen LogP contribution in [0.15, 0.2) is 54.9 Å². The van der Waals surface area contributed by atoms with Crippen molar-refractivity contribution in [3.8, 4) is 0 Å². The summed E-state index contributed by atoms with van der Waals surface area (Å²) in [6.07, 6.45) is 3.20. The van der Waals surface area contributed by atoms with E-state index in [1.807, 2.05) is 18.2 Å². The van der Waals surface area contributed by atoms with Crippen LogP contribution in [0.5, 0.6) is 0 Å². The van der Waals surface area contributed by atoms with E-state index in [2.05, 4.69) is 32.7 Å². The fourth-order valence-electron chi connectivity index (χ4n) is 2.83. The molecule has 0 spiro atoms. The van der Waals surface area contributed by atoms with Gasteiger partial charge in [0, 0.05) is 49.9 Å². The van der Waals surface area contributed by atoms with E-state index in [9.17, 15) is 9.59 Å². The van der Waals surface area contributed by atoms with Crippen LogP contribution in [0.3, 0.4) is 0 Å². The third kappa shape index (κ3) is 4.50. The lowest BCUT2D eigenvalue weighted by Crippen LogP contribution is -2.54. The van der Waals surface area contributed by atoms with Crippen molar-refractivity contribution >= 4 is 23.3 Å². The average Bonchev–Trinajstić information content (AvgIpc) is 2.69. The lowest BCUT2D eigenvalue weighted by molar-refractivity contribution is -0.117. The Labute approximate surface area is 153 Å². The number of nitrogens with zero attached hydrogens (tertiary/aromatic N) is 3. The maximum absolute atomic E-state index is 12.4. The number of benzene rings is 1. The summed E-state index contributed by atoms with van der Waals surface area (Å²) in [5.74, 6) is -0.257. The van der Waals surface area contributed by atoms with Crippen molar-refractivity contribution in [1.82, 2.24) is 15.2 Å². The van der Waals surface area contributed by atoms with Crippen molar-refractivity contribution in [2.75, 3.05) is 36.4 Å². The Hall–Kier alpha value is -3.09. The highest BCUT2D eigenvalue weighted by Gasteiger charge is 2.24. The van der Waals surface area contributed by atoms with Gasteiger partial charge in [0.2, 0.25) is 5.91 Å². The molecule has 1 aliphatic rings. The molecule has 1 aliphatic heterocycles. The Bertz CT molecular complexity index is 730. The van der Waals surface area contributed by atoms with Crippen molar-refractivity contribution in [1.29, 1.82) is 0 Å². The molecule has 0 radical (unpaired) electrons. The predicted octanol–water partition coefficient (Wildman–Crippen LogP) is 1.94. The number of para-hydroxylation sites is 1. The first-order valence-corrected chi connectivity index (χ1v) is 8.70. The summed E-state index contributed by atoms with van der Waals surface area (Å²) < 4.78 is 0. The van der Waals surface area contributed by atoms with E-state index in [-0.39, 0.29) is 11.9 Å². The second-order valence-corrected chi connectivity index (χ2v) is 6.21. The van der Waals surface area contributed by atoms with Gasteiger partial charge in [0.25, 0.3) is 0 Å². The van der Waals surface area contributed by atoms with Crippen LogP contribution < -0.4 is 15.5 Å². The van der Waals surface area contributed by atoms with Crippen LogP contribution in [-0.4, -0.2) is 54.0 Å². The number of amides is 3. The molecule has 7 nitrogen and oxygen atoms in total. The molecule has 1 saturated heterocycles. The van der Waals surface area contributed by atoms with Crippen LogP contribution in [0.2, 0.25) is 0 Å². The third-order valence-electron chi connectivity index (χ3n) is 4.37. The first kappa shape index (κ1) is 17.7. The highest BCUT2D eigenvalue weighted by atomic mass is 16.2. The zero-order valence-corrected chi connectivity index (χ0v) is 14.8. The normalized spacial score (nSPS) is 15.3. The number of carbonyl (C=O) groups is 2. The van der Waals surface area contributed by atoms with Gasteiger partial charge in [-0.05, 0) is 31.2 Å². The number of anilines is 2. The Morgan fingerprint density at radius 3 is 2.31 bits per heavy atom. The zero-order valence-electron chi connectivity index (χ0n) is 14.8. The molecule has 7 heteroatoms. The fourth-order valence-corrected chi connectivity index (χ4v) is 2.83. The largest absolute Gasteiger partial charge is 0.368 e. The van der Waals surface area contributed by atoms with Crippen molar-refractivity contribution < 1.29 is 9.59 Å². The van der Waals surface area contributed by atoms with Crippen molar-refractivity contribution in [2.45, 2.75) is 13.0 Å². The quantitative estimate of drug-likeness (QED) is 0.881. The Morgan fingerprint density at radius 1 is 1.00 bits per heavy atom. The molecule has 3 amide bonds. The van der Waals surface area contributed by atoms with E-state index >= 15 is 0 Å². The van der Waals surface area contributed by atoms with Crippen molar-refractivity contribution in [2.24, 2.45) is 0 Å². The molecule has 0 unspecified atom stereocenters. The summed E-state index contributed by atoms with van der Waals surface area (Å²) in [7, 11) is 0. The highest BCUT2D eigenvalue weighted by Crippen LogP contribution is 2.15. The molecule has 136 valence electrons. The number of nitrogens with one attached hydrogen (secondary N) is 2. The monoisotopic (exact) mass is 353 g/mol. The van der Waals surface area contributed by atoms with Gasteiger partial charge in [-0.3, -0.25) is 9.78 Å². The van der Waals surface area contributed by atoms with Gasteiger partial charge in [0.15, 0.2) is 0 Å². The van der Waals surface area contributed by atoms with Crippen LogP contribution in [0.4, 0.5) is 16.2 Å². The van der Waals surface area contributed by atoms with Gasteiger partial charge < -0.3 is 20.4 Å². The number of pyridine rings is 1. The second kappa shape index (κ2) is 8.33. The Morgan fingerprint density at radius 2 is 1.65 bits per heavy atom. The highest BCUT2D eigenvalue weighted by molar-refractivity contribution is 5.96. The number of piperazine rings is 1. The smallest absolute Gasteiger partial charge is 0.318 e. The molecule has 1 aromatic heterocycles. The van der Waals surface area contributed by atoms with E-state index in [4.69, 9.17) is 0 Å². The van der Waals surface area contributed by atoms with Crippen molar-refractivity contribution in [3.05, 3.63) is 54.9 Å². The van der Waals surface area contributed by atoms with E-state index in [0.717, 1.165) is 18.8 Å². The van der Waals surface area contributed by atoms with Crippen LogP contribution in [-0.2, 0) is 4.79 Å². The van der Waals surface area contributed by atoms with Crippen molar-refractivity contribution in [3.63, 3.8) is 0 Å². The van der Waals surface area contributed by atoms with Gasteiger partial charge in [-0.25, -0.2) is 4.79 Å². The summed E-state index contributed by atoms with van der Waals surface area (Å²) in [5, 5.41) is 5.52. The number of carbonyl (C=O) groups excluding carboxylic acids is 2. The molecule has 0 bridgehead atoms. The maximum atomic E-state index is 12.4. The van der Waals surface area contributed by atoms with E-state index < -0.39 is 6.04 Å². The molecule has 0 saturated carbocycles. The molecule has 1 fully saturated rings. The number of rotatable bonds is 4. The molecule has 3 rings (SSSR count). The average molecular weight is 353 g/mol. The first-order chi connectivity index (χ1) is 12.6. The maximum Gasteiger partial charge on any atom is 0.318 e. The summed E-state index contributed by atoms with van der Waals surface area (Å²) in [4.78, 5) is 32.5. The second-order valence-electron chi connectivity index (χ2n) is 6.21. The Balaban J connectivity index is 1.47. The molecule has 2 heterocycles. The zero-order chi connectivity index (χ0) is 18.4. The SMILES string of the molecule is C[C@@H](NC(=O)N1CCN(c2ccccc2)CC1)C(=O)Nc1ccncc1. The molecule has 26 heavy (non-hydrogen) atoms. The fraction of sp³-hybridized carbons (Fsp3) is 0.316. The van der Waals surface area contributed by atoms with Gasteiger partial charge in [0.1, 0.15) is 6.04 Å². The Kier molecular flexibility index (Phi) is 5.68. The van der Waals surface area contributed by atoms with Gasteiger partial charge in [-0.15, -0.1) is 0 Å². The minimum absolute atomic E-state index is 0.213. The summed E-state index contributed by atoms with van der Waals surface area (Å²) in [6, 6.07) is 12.7. The molecular formula is C19H23N5O2. The van der Waals surface area contributed by atoms with Crippen LogP contribution in [0, 0.1) is 0 Å². The van der Waals surface area contributed by atoms with Crippen LogP contribution in [0.1, 0.15) is 6.92 Å². The van der Waals surface area contributed by atoms with E-state index in [1.165, 1.54) is 0 Å². The summed E-state index contributed by atoms with van der Waals surface area (Å²) in [6.45, 7) is 4.47. The molecule has 1 atom stereocenters. The topological polar surface area (TPSA) is 77.6 Å². The lowest BCUT2D eigenvalue weighted by Gasteiger charge is -2.36. The van der Waals surface area contributed by atoms with Gasteiger partial charge in [-0.2, -0.15) is 0 Å². The standard InChI is InChI=1S/C19H23N5O2/c1-15(18(25)22-16-7-9-20-10-8-16)21-19(26)24-13-11-23(12-14-24)17-5-3-2-4-6-17/h2-10,15H,11-14H2,1H3,(H,21,26)(H,20,22,25)/t15-/m1/s1. The number of hydrogen-bond donors (Lipinski definition) is 2. The predicted molar refractivity (Wildman–Crippen MR) is 101 cm³/mol. The molecule has 1 aromatic carbocycles. The van der Waals surface area contributed by atoms with Crippen LogP contribution in [0.25, 0.3) is 0 Å². The number of aromatic nitrogens is 1.